The number of aromatic nitrogens is 2. The first-order valence-corrected chi connectivity index (χ1v) is 8.70. The van der Waals surface area contributed by atoms with Gasteiger partial charge >= 0.3 is 0 Å². The van der Waals surface area contributed by atoms with Crippen LogP contribution in [-0.4, -0.2) is 60.0 Å². The number of hydrogen-bond donors (Lipinski definition) is 2. The fourth-order valence-corrected chi connectivity index (χ4v) is 3.01. The minimum atomic E-state index is -0.476. The van der Waals surface area contributed by atoms with E-state index in [0.29, 0.717) is 17.6 Å². The minimum absolute atomic E-state index is 0. The SMILES string of the molecule is Cc1nc2cc(F)cc(C(=O)NCCCN3CCNCC3)c2nc1C.Cl.Cl. The summed E-state index contributed by atoms with van der Waals surface area (Å²) >= 11 is 0. The van der Waals surface area contributed by atoms with Crippen molar-refractivity contribution in [2.45, 2.75) is 20.3 Å². The van der Waals surface area contributed by atoms with Crippen molar-refractivity contribution in [2.75, 3.05) is 39.3 Å². The van der Waals surface area contributed by atoms with Crippen LogP contribution >= 0.6 is 24.8 Å². The van der Waals surface area contributed by atoms with Gasteiger partial charge < -0.3 is 15.5 Å². The Bertz CT molecular complexity index is 784. The number of carbonyl (C=O) groups excluding carboxylic acids is 1. The van der Waals surface area contributed by atoms with E-state index in [2.05, 4.69) is 25.5 Å². The Balaban J connectivity index is 0.00000182. The van der Waals surface area contributed by atoms with Crippen molar-refractivity contribution in [3.05, 3.63) is 34.9 Å². The lowest BCUT2D eigenvalue weighted by molar-refractivity contribution is 0.0952. The van der Waals surface area contributed by atoms with Gasteiger partial charge in [0.1, 0.15) is 11.3 Å². The standard InChI is InChI=1S/C18H24FN5O.2ClH/c1-12-13(2)23-17-15(10-14(19)11-16(17)22-12)18(25)21-4-3-7-24-8-5-20-6-9-24;;/h10-11,20H,3-9H2,1-2H3,(H,21,25);2*1H. The largest absolute Gasteiger partial charge is 0.352 e. The number of hydrogen-bond acceptors (Lipinski definition) is 5. The normalized spacial score (nSPS) is 14.3. The Labute approximate surface area is 171 Å². The Morgan fingerprint density at radius 3 is 2.56 bits per heavy atom. The molecule has 0 radical (unpaired) electrons. The van der Waals surface area contributed by atoms with Gasteiger partial charge in [-0.15, -0.1) is 24.8 Å². The summed E-state index contributed by atoms with van der Waals surface area (Å²) < 4.78 is 13.9. The predicted molar refractivity (Wildman–Crippen MR) is 110 cm³/mol. The molecule has 1 amide bonds. The van der Waals surface area contributed by atoms with Crippen LogP contribution < -0.4 is 10.6 Å². The lowest BCUT2D eigenvalue weighted by Gasteiger charge is -2.27. The second-order valence-corrected chi connectivity index (χ2v) is 6.42. The van der Waals surface area contributed by atoms with Crippen molar-refractivity contribution in [3.8, 4) is 0 Å². The van der Waals surface area contributed by atoms with Gasteiger partial charge in [-0.05, 0) is 32.9 Å². The molecule has 0 spiro atoms. The highest BCUT2D eigenvalue weighted by Gasteiger charge is 2.15. The number of carbonyl (C=O) groups is 1. The quantitative estimate of drug-likeness (QED) is 0.730. The Kier molecular flexibility index (Phi) is 9.32. The molecule has 0 atom stereocenters. The van der Waals surface area contributed by atoms with E-state index >= 15 is 0 Å². The van der Waals surface area contributed by atoms with Gasteiger partial charge in [0.25, 0.3) is 5.91 Å². The topological polar surface area (TPSA) is 70.2 Å². The maximum absolute atomic E-state index is 13.9. The van der Waals surface area contributed by atoms with Crippen molar-refractivity contribution in [1.29, 1.82) is 0 Å². The molecule has 0 bridgehead atoms. The highest BCUT2D eigenvalue weighted by molar-refractivity contribution is 6.04. The van der Waals surface area contributed by atoms with Crippen LogP contribution in [0.15, 0.2) is 12.1 Å². The molecule has 1 aliphatic heterocycles. The van der Waals surface area contributed by atoms with Crippen LogP contribution in [-0.2, 0) is 0 Å². The fraction of sp³-hybridized carbons (Fsp3) is 0.500. The Morgan fingerprint density at radius 1 is 1.19 bits per heavy atom. The minimum Gasteiger partial charge on any atom is -0.352 e. The highest BCUT2D eigenvalue weighted by Crippen LogP contribution is 2.19. The average molecular weight is 418 g/mol. The molecule has 6 nitrogen and oxygen atoms in total. The summed E-state index contributed by atoms with van der Waals surface area (Å²) in [4.78, 5) is 23.6. The van der Waals surface area contributed by atoms with Gasteiger partial charge in [0.2, 0.25) is 0 Å². The first-order valence-electron chi connectivity index (χ1n) is 8.70. The summed E-state index contributed by atoms with van der Waals surface area (Å²) in [5.74, 6) is -0.779. The third-order valence-corrected chi connectivity index (χ3v) is 4.54. The van der Waals surface area contributed by atoms with Gasteiger partial charge in [-0.1, -0.05) is 0 Å². The molecule has 150 valence electrons. The predicted octanol–water partition coefficient (Wildman–Crippen LogP) is 2.25. The molecule has 2 N–H and O–H groups in total. The number of amides is 1. The van der Waals surface area contributed by atoms with Crippen LogP contribution in [0.1, 0.15) is 28.2 Å². The van der Waals surface area contributed by atoms with E-state index in [0.717, 1.165) is 50.5 Å². The zero-order chi connectivity index (χ0) is 17.8. The van der Waals surface area contributed by atoms with Crippen molar-refractivity contribution in [1.82, 2.24) is 25.5 Å². The third kappa shape index (κ3) is 5.97. The lowest BCUT2D eigenvalue weighted by atomic mass is 10.1. The average Bonchev–Trinajstić information content (AvgIpc) is 2.60. The first-order chi connectivity index (χ1) is 12.0. The van der Waals surface area contributed by atoms with E-state index in [-0.39, 0.29) is 36.3 Å². The van der Waals surface area contributed by atoms with Crippen molar-refractivity contribution >= 4 is 41.8 Å². The maximum Gasteiger partial charge on any atom is 0.253 e. The number of nitrogens with zero attached hydrogens (tertiary/aromatic N) is 3. The number of halogens is 3. The summed E-state index contributed by atoms with van der Waals surface area (Å²) in [6.07, 6.45) is 0.864. The van der Waals surface area contributed by atoms with Crippen LogP contribution in [0.2, 0.25) is 0 Å². The molecular weight excluding hydrogens is 392 g/mol. The number of piperazine rings is 1. The van der Waals surface area contributed by atoms with Gasteiger partial charge in [0.05, 0.1) is 22.5 Å². The second-order valence-electron chi connectivity index (χ2n) is 6.42. The molecule has 1 fully saturated rings. The Morgan fingerprint density at radius 2 is 1.85 bits per heavy atom. The van der Waals surface area contributed by atoms with E-state index in [9.17, 15) is 9.18 Å². The molecule has 0 unspecified atom stereocenters. The molecule has 2 heterocycles. The van der Waals surface area contributed by atoms with Crippen LogP contribution in [0.4, 0.5) is 4.39 Å². The van der Waals surface area contributed by atoms with E-state index < -0.39 is 5.82 Å². The summed E-state index contributed by atoms with van der Waals surface area (Å²) in [5.41, 5.74) is 2.58. The molecule has 1 aliphatic rings. The maximum atomic E-state index is 13.9. The smallest absolute Gasteiger partial charge is 0.253 e. The zero-order valence-electron chi connectivity index (χ0n) is 15.5. The first kappa shape index (κ1) is 23.5. The summed E-state index contributed by atoms with van der Waals surface area (Å²) in [5, 5.41) is 6.19. The molecule has 1 aromatic heterocycles. The third-order valence-electron chi connectivity index (χ3n) is 4.54. The second kappa shape index (κ2) is 10.7. The van der Waals surface area contributed by atoms with Crippen LogP contribution in [0, 0.1) is 19.7 Å². The zero-order valence-corrected chi connectivity index (χ0v) is 17.2. The highest BCUT2D eigenvalue weighted by atomic mass is 35.5. The lowest BCUT2D eigenvalue weighted by Crippen LogP contribution is -2.44. The molecule has 0 aliphatic carbocycles. The van der Waals surface area contributed by atoms with E-state index in [1.165, 1.54) is 12.1 Å². The number of fused-ring (bicyclic) bond motifs is 1. The van der Waals surface area contributed by atoms with Gasteiger partial charge in [0.15, 0.2) is 0 Å². The van der Waals surface area contributed by atoms with Gasteiger partial charge in [-0.25, -0.2) is 14.4 Å². The summed E-state index contributed by atoms with van der Waals surface area (Å²) in [6.45, 7) is 9.26. The molecule has 0 saturated carbocycles. The van der Waals surface area contributed by atoms with Crippen LogP contribution in [0.5, 0.6) is 0 Å². The number of rotatable bonds is 5. The van der Waals surface area contributed by atoms with Gasteiger partial charge in [-0.3, -0.25) is 4.79 Å². The molecule has 3 rings (SSSR count). The molecule has 2 aromatic rings. The van der Waals surface area contributed by atoms with E-state index in [1.54, 1.807) is 0 Å². The van der Waals surface area contributed by atoms with Crippen molar-refractivity contribution in [3.63, 3.8) is 0 Å². The van der Waals surface area contributed by atoms with Crippen LogP contribution in [0.3, 0.4) is 0 Å². The molecule has 9 heteroatoms. The molecular formula is C18H26Cl2FN5O. The fourth-order valence-electron chi connectivity index (χ4n) is 3.01. The molecule has 1 saturated heterocycles. The van der Waals surface area contributed by atoms with Crippen molar-refractivity contribution < 1.29 is 9.18 Å². The Hall–Kier alpha value is -1.54. The molecule has 1 aromatic carbocycles. The number of aryl methyl sites for hydroxylation is 2. The van der Waals surface area contributed by atoms with E-state index in [4.69, 9.17) is 0 Å². The van der Waals surface area contributed by atoms with E-state index in [1.807, 2.05) is 13.8 Å². The van der Waals surface area contributed by atoms with Gasteiger partial charge in [0, 0.05) is 38.8 Å². The molecule has 27 heavy (non-hydrogen) atoms. The van der Waals surface area contributed by atoms with Crippen LogP contribution in [0.25, 0.3) is 11.0 Å². The number of benzene rings is 1. The summed E-state index contributed by atoms with van der Waals surface area (Å²) in [7, 11) is 0. The monoisotopic (exact) mass is 417 g/mol. The van der Waals surface area contributed by atoms with Crippen molar-refractivity contribution in [2.24, 2.45) is 0 Å². The van der Waals surface area contributed by atoms with Gasteiger partial charge in [-0.2, -0.15) is 0 Å². The summed E-state index contributed by atoms with van der Waals surface area (Å²) in [6, 6.07) is 2.55. The number of nitrogens with one attached hydrogen (secondary N) is 2.